The lowest BCUT2D eigenvalue weighted by molar-refractivity contribution is -0.0369. The van der Waals surface area contributed by atoms with Crippen LogP contribution in [0.25, 0.3) is 0 Å². The Bertz CT molecular complexity index is 861. The van der Waals surface area contributed by atoms with Crippen LogP contribution in [0.1, 0.15) is 87.5 Å². The molecular formula is C30H45N. The first-order valence-corrected chi connectivity index (χ1v) is 12.7. The Morgan fingerprint density at radius 3 is 2.26 bits per heavy atom. The van der Waals surface area contributed by atoms with Crippen molar-refractivity contribution in [2.45, 2.75) is 87.5 Å². The highest BCUT2D eigenvalue weighted by atomic mass is 14.6. The topological polar surface area (TPSA) is 23.8 Å². The number of rotatable bonds is 1. The quantitative estimate of drug-likeness (QED) is 0.417. The maximum Gasteiger partial charge on any atom is 0.0991 e. The zero-order valence-electron chi connectivity index (χ0n) is 21.4. The van der Waals surface area contributed by atoms with Gasteiger partial charge < -0.3 is 0 Å². The molecule has 0 bridgehead atoms. The summed E-state index contributed by atoms with van der Waals surface area (Å²) in [7, 11) is 0. The van der Waals surface area contributed by atoms with Gasteiger partial charge in [0.25, 0.3) is 0 Å². The van der Waals surface area contributed by atoms with E-state index in [1.165, 1.54) is 37.7 Å². The standard InChI is InChI=1S/C28H39N.C2H6/c1-9-21-25-17(2)14-24-27(7,23(25)10-12-26(21,5)6)13-11-22-19(4)18(3)20(16-29)15-28(22,24)8;1-2/h14-15,19,21-23,25H,2-3,9-13H2,1,4-8H3;1-2H3/t19?,21?,22-,23?,25?,27?,28?;/m0./s1. The minimum Gasteiger partial charge on any atom is -0.192 e. The molecule has 31 heavy (non-hydrogen) atoms. The Morgan fingerprint density at radius 1 is 1.06 bits per heavy atom. The van der Waals surface area contributed by atoms with Crippen molar-refractivity contribution in [2.75, 3.05) is 0 Å². The number of hydrogen-bond acceptors (Lipinski definition) is 1. The Labute approximate surface area is 192 Å². The van der Waals surface area contributed by atoms with Gasteiger partial charge in [0.2, 0.25) is 0 Å². The van der Waals surface area contributed by atoms with E-state index >= 15 is 0 Å². The van der Waals surface area contributed by atoms with E-state index in [9.17, 15) is 5.26 Å². The molecule has 0 aromatic rings. The van der Waals surface area contributed by atoms with Crippen LogP contribution in [-0.4, -0.2) is 0 Å². The molecule has 4 rings (SSSR count). The molecule has 1 nitrogen and oxygen atoms in total. The zero-order valence-corrected chi connectivity index (χ0v) is 21.4. The van der Waals surface area contributed by atoms with E-state index in [2.05, 4.69) is 72.9 Å². The minimum absolute atomic E-state index is 0.0543. The van der Waals surface area contributed by atoms with Crippen molar-refractivity contribution >= 4 is 0 Å². The maximum atomic E-state index is 9.79. The van der Waals surface area contributed by atoms with Gasteiger partial charge in [0, 0.05) is 5.41 Å². The minimum atomic E-state index is -0.0543. The molecule has 4 aliphatic rings. The van der Waals surface area contributed by atoms with Crippen LogP contribution in [0.4, 0.5) is 0 Å². The summed E-state index contributed by atoms with van der Waals surface area (Å²) in [6.07, 6.45) is 11.1. The lowest BCUT2D eigenvalue weighted by atomic mass is 9.41. The normalized spacial score (nSPS) is 43.1. The fourth-order valence-electron chi connectivity index (χ4n) is 8.33. The summed E-state index contributed by atoms with van der Waals surface area (Å²) in [6.45, 7) is 27.5. The highest BCUT2D eigenvalue weighted by molar-refractivity contribution is 5.52. The molecule has 1 heteroatoms. The number of allylic oxidation sites excluding steroid dienone is 6. The molecule has 0 aromatic carbocycles. The van der Waals surface area contributed by atoms with Gasteiger partial charge in [0.1, 0.15) is 0 Å². The van der Waals surface area contributed by atoms with E-state index in [0.29, 0.717) is 35.0 Å². The van der Waals surface area contributed by atoms with E-state index in [-0.39, 0.29) is 10.8 Å². The van der Waals surface area contributed by atoms with Crippen molar-refractivity contribution in [3.05, 3.63) is 47.6 Å². The summed E-state index contributed by atoms with van der Waals surface area (Å²) >= 11 is 0. The Balaban J connectivity index is 0.00000132. The number of nitrogens with zero attached hydrogens (tertiary/aromatic N) is 1. The van der Waals surface area contributed by atoms with E-state index in [4.69, 9.17) is 0 Å². The smallest absolute Gasteiger partial charge is 0.0991 e. The molecule has 7 atom stereocenters. The molecule has 0 aromatic heterocycles. The van der Waals surface area contributed by atoms with Gasteiger partial charge in [-0.05, 0) is 71.7 Å². The second-order valence-electron chi connectivity index (χ2n) is 11.6. The van der Waals surface area contributed by atoms with Crippen molar-refractivity contribution in [2.24, 2.45) is 45.8 Å². The van der Waals surface area contributed by atoms with E-state index in [1.54, 1.807) is 5.57 Å². The molecule has 2 saturated carbocycles. The molecule has 170 valence electrons. The van der Waals surface area contributed by atoms with Gasteiger partial charge in [-0.15, -0.1) is 0 Å². The van der Waals surface area contributed by atoms with E-state index in [0.717, 1.165) is 11.1 Å². The largest absolute Gasteiger partial charge is 0.192 e. The highest BCUT2D eigenvalue weighted by Crippen LogP contribution is 2.69. The molecule has 0 amide bonds. The third kappa shape index (κ3) is 3.32. The third-order valence-electron chi connectivity index (χ3n) is 9.99. The summed E-state index contributed by atoms with van der Waals surface area (Å²) in [5.41, 5.74) is 5.33. The van der Waals surface area contributed by atoms with Gasteiger partial charge in [-0.25, -0.2) is 0 Å². The van der Waals surface area contributed by atoms with Crippen molar-refractivity contribution in [1.29, 1.82) is 5.26 Å². The predicted molar refractivity (Wildman–Crippen MR) is 133 cm³/mol. The zero-order chi connectivity index (χ0) is 23.4. The maximum absolute atomic E-state index is 9.79. The van der Waals surface area contributed by atoms with Crippen molar-refractivity contribution in [1.82, 2.24) is 0 Å². The molecule has 0 aliphatic heterocycles. The average molecular weight is 420 g/mol. The van der Waals surface area contributed by atoms with Crippen LogP contribution in [-0.2, 0) is 0 Å². The predicted octanol–water partition coefficient (Wildman–Crippen LogP) is 8.67. The lowest BCUT2D eigenvalue weighted by Gasteiger charge is -2.63. The van der Waals surface area contributed by atoms with Crippen LogP contribution in [0, 0.1) is 57.2 Å². The Morgan fingerprint density at radius 2 is 1.68 bits per heavy atom. The molecule has 0 N–H and O–H groups in total. The first kappa shape index (κ1) is 24.1. The van der Waals surface area contributed by atoms with Gasteiger partial charge in [0.05, 0.1) is 11.6 Å². The summed E-state index contributed by atoms with van der Waals surface area (Å²) < 4.78 is 0. The van der Waals surface area contributed by atoms with Gasteiger partial charge in [-0.2, -0.15) is 5.26 Å². The van der Waals surface area contributed by atoms with E-state index < -0.39 is 0 Å². The van der Waals surface area contributed by atoms with Crippen molar-refractivity contribution in [3.8, 4) is 6.07 Å². The number of nitriles is 1. The molecular weight excluding hydrogens is 374 g/mol. The summed E-state index contributed by atoms with van der Waals surface area (Å²) in [5.74, 6) is 2.91. The van der Waals surface area contributed by atoms with Gasteiger partial charge >= 0.3 is 0 Å². The molecule has 0 radical (unpaired) electrons. The van der Waals surface area contributed by atoms with Gasteiger partial charge in [-0.1, -0.05) is 98.3 Å². The van der Waals surface area contributed by atoms with Crippen LogP contribution in [0.2, 0.25) is 0 Å². The molecule has 0 heterocycles. The van der Waals surface area contributed by atoms with Crippen LogP contribution >= 0.6 is 0 Å². The van der Waals surface area contributed by atoms with Crippen LogP contribution in [0.3, 0.4) is 0 Å². The fraction of sp³-hybridized carbons (Fsp3) is 0.700. The van der Waals surface area contributed by atoms with Gasteiger partial charge in [-0.3, -0.25) is 0 Å². The van der Waals surface area contributed by atoms with Gasteiger partial charge in [0.15, 0.2) is 0 Å². The van der Waals surface area contributed by atoms with Crippen molar-refractivity contribution < 1.29 is 0 Å². The lowest BCUT2D eigenvalue weighted by Crippen LogP contribution is -2.55. The second-order valence-corrected chi connectivity index (χ2v) is 11.6. The highest BCUT2D eigenvalue weighted by Gasteiger charge is 2.60. The first-order valence-electron chi connectivity index (χ1n) is 12.7. The monoisotopic (exact) mass is 419 g/mol. The molecule has 0 saturated heterocycles. The van der Waals surface area contributed by atoms with E-state index in [1.807, 2.05) is 13.8 Å². The van der Waals surface area contributed by atoms with Crippen LogP contribution in [0.5, 0.6) is 0 Å². The number of fused-ring (bicyclic) bond motifs is 5. The summed E-state index contributed by atoms with van der Waals surface area (Å²) in [5, 5.41) is 9.79. The SMILES string of the molecule is C=C1C=C2C(C)(CC[C@H]3C(C)C(=C)C(C#N)=CC23C)C2CCC(C)(C)C(CC)C12.CC. The molecule has 2 fully saturated rings. The molecule has 6 unspecified atom stereocenters. The fourth-order valence-corrected chi connectivity index (χ4v) is 8.33. The Kier molecular flexibility index (Phi) is 6.30. The molecule has 4 aliphatic carbocycles. The molecule has 0 spiro atoms. The van der Waals surface area contributed by atoms with Crippen molar-refractivity contribution in [3.63, 3.8) is 0 Å². The average Bonchev–Trinajstić information content (AvgIpc) is 2.73. The third-order valence-corrected chi connectivity index (χ3v) is 9.99. The second kappa shape index (κ2) is 8.10. The van der Waals surface area contributed by atoms with Crippen LogP contribution in [0.15, 0.2) is 47.6 Å². The van der Waals surface area contributed by atoms with Crippen LogP contribution < -0.4 is 0 Å². The number of hydrogen-bond donors (Lipinski definition) is 0. The summed E-state index contributed by atoms with van der Waals surface area (Å²) in [6, 6.07) is 2.46. The summed E-state index contributed by atoms with van der Waals surface area (Å²) in [4.78, 5) is 0. The Hall–Kier alpha value is -1.55. The first-order chi connectivity index (χ1) is 14.5.